The fraction of sp³-hybridized carbons (Fsp3) is 0.812. The number of nitrogens with one attached hydrogen (secondary N) is 1. The lowest BCUT2D eigenvalue weighted by molar-refractivity contribution is -0.679. The molecule has 2 rings (SSSR count). The summed E-state index contributed by atoms with van der Waals surface area (Å²) in [7, 11) is 1.96. The van der Waals surface area contributed by atoms with Crippen LogP contribution in [0, 0.1) is 5.92 Å². The molecule has 0 saturated carbocycles. The number of carbonyl (C=O) groups is 1. The van der Waals surface area contributed by atoms with Gasteiger partial charge in [0.2, 0.25) is 5.69 Å². The summed E-state index contributed by atoms with van der Waals surface area (Å²) >= 11 is 0. The van der Waals surface area contributed by atoms with Gasteiger partial charge in [-0.3, -0.25) is 0 Å². The Hall–Kier alpha value is -1.66. The third-order valence-corrected chi connectivity index (χ3v) is 7.64. The molecule has 0 aliphatic carbocycles. The highest BCUT2D eigenvalue weighted by molar-refractivity contribution is 5.67. The van der Waals surface area contributed by atoms with Crippen LogP contribution in [0.2, 0.25) is 0 Å². The van der Waals surface area contributed by atoms with Crippen LogP contribution < -0.4 is 9.88 Å². The van der Waals surface area contributed by atoms with Crippen LogP contribution in [0.4, 0.5) is 4.79 Å². The number of hydrogen-bond donors (Lipinski definition) is 1. The van der Waals surface area contributed by atoms with Crippen molar-refractivity contribution in [1.82, 2.24) is 5.32 Å². The molecule has 2 atom stereocenters. The highest BCUT2D eigenvalue weighted by Crippen LogP contribution is 2.20. The zero-order chi connectivity index (χ0) is 27.1. The van der Waals surface area contributed by atoms with Gasteiger partial charge in [0.1, 0.15) is 13.6 Å². The maximum absolute atomic E-state index is 12.0. The lowest BCUT2D eigenvalue weighted by Crippen LogP contribution is -2.37. The molecule has 0 spiro atoms. The minimum atomic E-state index is -0.378. The molecule has 0 aromatic carbocycles. The van der Waals surface area contributed by atoms with Gasteiger partial charge in [0.05, 0.1) is 25.9 Å². The van der Waals surface area contributed by atoms with Crippen molar-refractivity contribution in [3.8, 4) is 0 Å². The summed E-state index contributed by atoms with van der Waals surface area (Å²) in [5, 5.41) is 2.82. The molecule has 38 heavy (non-hydrogen) atoms. The number of nitrogens with zero attached hydrogens (tertiary/aromatic N) is 1. The molecule has 6 heteroatoms. The fourth-order valence-corrected chi connectivity index (χ4v) is 5.13. The first-order valence-corrected chi connectivity index (χ1v) is 15.7. The minimum Gasteiger partial charge on any atom is -0.449 e. The molecule has 1 N–H and O–H groups in total. The SMILES string of the molecule is CCCCCCCCCCCCCCCCCCOC[C@@H]1C[C@@H](COC(=O)NCc2cccc[n+]2C)CO1. The lowest BCUT2D eigenvalue weighted by atomic mass is 10.0. The molecule has 0 radical (unpaired) electrons. The first-order valence-electron chi connectivity index (χ1n) is 15.7. The standard InChI is InChI=1S/C32H56N2O4/c1-3-4-5-6-7-8-9-10-11-12-13-14-15-16-17-20-23-36-28-31-24-29(26-37-31)27-38-32(35)33-25-30-21-18-19-22-34(30)2/h18-19,21-22,29,31H,3-17,20,23-28H2,1-2H3/p+1/t29-,31+/m1/s1. The van der Waals surface area contributed by atoms with Gasteiger partial charge in [-0.2, -0.15) is 0 Å². The number of aromatic nitrogens is 1. The largest absolute Gasteiger partial charge is 0.449 e. The normalized spacial score (nSPS) is 17.1. The van der Waals surface area contributed by atoms with Crippen LogP contribution in [0.3, 0.4) is 0 Å². The molecule has 1 saturated heterocycles. The Morgan fingerprint density at radius 1 is 0.895 bits per heavy atom. The third-order valence-electron chi connectivity index (χ3n) is 7.64. The minimum absolute atomic E-state index is 0.121. The van der Waals surface area contributed by atoms with E-state index in [1.807, 2.05) is 36.0 Å². The zero-order valence-corrected chi connectivity index (χ0v) is 24.6. The molecule has 1 aliphatic heterocycles. The van der Waals surface area contributed by atoms with E-state index in [-0.39, 0.29) is 18.1 Å². The number of ether oxygens (including phenoxy) is 3. The Morgan fingerprint density at radius 2 is 1.50 bits per heavy atom. The van der Waals surface area contributed by atoms with Crippen molar-refractivity contribution < 1.29 is 23.6 Å². The maximum atomic E-state index is 12.0. The van der Waals surface area contributed by atoms with Crippen LogP contribution in [0.5, 0.6) is 0 Å². The molecule has 0 unspecified atom stereocenters. The van der Waals surface area contributed by atoms with Gasteiger partial charge in [-0.05, 0) is 12.8 Å². The molecular formula is C32H57N2O4+. The van der Waals surface area contributed by atoms with E-state index in [0.29, 0.717) is 26.4 Å². The van der Waals surface area contributed by atoms with Crippen LogP contribution in [0.25, 0.3) is 0 Å². The monoisotopic (exact) mass is 533 g/mol. The van der Waals surface area contributed by atoms with Crippen molar-refractivity contribution >= 4 is 6.09 Å². The maximum Gasteiger partial charge on any atom is 0.407 e. The van der Waals surface area contributed by atoms with Gasteiger partial charge in [-0.15, -0.1) is 0 Å². The number of rotatable bonds is 23. The second-order valence-electron chi connectivity index (χ2n) is 11.2. The van der Waals surface area contributed by atoms with Gasteiger partial charge >= 0.3 is 6.09 Å². The Balaban J connectivity index is 1.31. The van der Waals surface area contributed by atoms with E-state index < -0.39 is 0 Å². The quantitative estimate of drug-likeness (QED) is 0.117. The van der Waals surface area contributed by atoms with Crippen LogP contribution in [0.1, 0.15) is 122 Å². The average Bonchev–Trinajstić information content (AvgIpc) is 3.38. The van der Waals surface area contributed by atoms with Crippen molar-refractivity contribution in [2.24, 2.45) is 13.0 Å². The summed E-state index contributed by atoms with van der Waals surface area (Å²) in [6.45, 7) is 5.23. The molecule has 218 valence electrons. The second kappa shape index (κ2) is 22.2. The van der Waals surface area contributed by atoms with E-state index in [4.69, 9.17) is 14.2 Å². The molecule has 2 heterocycles. The van der Waals surface area contributed by atoms with Crippen LogP contribution in [-0.2, 0) is 27.8 Å². The molecule has 1 amide bonds. The summed E-state index contributed by atoms with van der Waals surface area (Å²) < 4.78 is 19.1. The molecule has 1 aromatic rings. The third kappa shape index (κ3) is 16.3. The van der Waals surface area contributed by atoms with Crippen molar-refractivity contribution in [2.45, 2.75) is 129 Å². The molecular weight excluding hydrogens is 476 g/mol. The predicted molar refractivity (Wildman–Crippen MR) is 154 cm³/mol. The molecule has 1 aliphatic rings. The first kappa shape index (κ1) is 32.6. The first-order chi connectivity index (χ1) is 18.7. The van der Waals surface area contributed by atoms with Gasteiger partial charge in [-0.1, -0.05) is 109 Å². The number of amides is 1. The Labute approximate surface area is 233 Å². The van der Waals surface area contributed by atoms with Crippen LogP contribution >= 0.6 is 0 Å². The summed E-state index contributed by atoms with van der Waals surface area (Å²) in [5.74, 6) is 0.248. The van der Waals surface area contributed by atoms with E-state index in [1.54, 1.807) is 0 Å². The summed E-state index contributed by atoms with van der Waals surface area (Å²) in [6.07, 6.45) is 24.7. The number of hydrogen-bond acceptors (Lipinski definition) is 4. The van der Waals surface area contributed by atoms with E-state index in [0.717, 1.165) is 25.1 Å². The van der Waals surface area contributed by atoms with Gasteiger partial charge < -0.3 is 19.5 Å². The van der Waals surface area contributed by atoms with Crippen molar-refractivity contribution in [3.05, 3.63) is 30.1 Å². The van der Waals surface area contributed by atoms with Crippen LogP contribution in [0.15, 0.2) is 24.4 Å². The molecule has 6 nitrogen and oxygen atoms in total. The van der Waals surface area contributed by atoms with Crippen molar-refractivity contribution in [2.75, 3.05) is 26.4 Å². The summed E-state index contributed by atoms with van der Waals surface area (Å²) in [4.78, 5) is 12.0. The van der Waals surface area contributed by atoms with E-state index in [9.17, 15) is 4.79 Å². The fourth-order valence-electron chi connectivity index (χ4n) is 5.13. The predicted octanol–water partition coefficient (Wildman–Crippen LogP) is 7.42. The highest BCUT2D eigenvalue weighted by atomic mass is 16.6. The zero-order valence-electron chi connectivity index (χ0n) is 24.6. The number of carbonyl (C=O) groups excluding carboxylic acids is 1. The number of aryl methyl sites for hydroxylation is 1. The topological polar surface area (TPSA) is 60.7 Å². The molecule has 1 aromatic heterocycles. The van der Waals surface area contributed by atoms with Gasteiger partial charge in [0.25, 0.3) is 0 Å². The van der Waals surface area contributed by atoms with Gasteiger partial charge in [-0.25, -0.2) is 9.36 Å². The van der Waals surface area contributed by atoms with E-state index in [2.05, 4.69) is 12.2 Å². The smallest absolute Gasteiger partial charge is 0.407 e. The summed E-state index contributed by atoms with van der Waals surface area (Å²) in [5.41, 5.74) is 1.02. The number of alkyl carbamates (subject to hydrolysis) is 1. The van der Waals surface area contributed by atoms with Crippen LogP contribution in [-0.4, -0.2) is 38.6 Å². The Bertz CT molecular complexity index is 714. The molecule has 0 bridgehead atoms. The summed E-state index contributed by atoms with van der Waals surface area (Å²) in [6, 6.07) is 5.90. The Kier molecular flexibility index (Phi) is 19.0. The van der Waals surface area contributed by atoms with E-state index in [1.165, 1.54) is 96.3 Å². The number of pyridine rings is 1. The lowest BCUT2D eigenvalue weighted by Gasteiger charge is -2.11. The molecule has 1 fully saturated rings. The van der Waals surface area contributed by atoms with Gasteiger partial charge in [0, 0.05) is 24.7 Å². The number of unbranched alkanes of at least 4 members (excludes halogenated alkanes) is 15. The second-order valence-corrected chi connectivity index (χ2v) is 11.2. The Morgan fingerprint density at radius 3 is 2.11 bits per heavy atom. The van der Waals surface area contributed by atoms with Crippen molar-refractivity contribution in [3.63, 3.8) is 0 Å². The van der Waals surface area contributed by atoms with Crippen molar-refractivity contribution in [1.29, 1.82) is 0 Å². The van der Waals surface area contributed by atoms with E-state index >= 15 is 0 Å². The van der Waals surface area contributed by atoms with Gasteiger partial charge in [0.15, 0.2) is 6.20 Å². The highest BCUT2D eigenvalue weighted by Gasteiger charge is 2.26. The average molecular weight is 534 g/mol.